The second-order valence-electron chi connectivity index (χ2n) is 4.09. The van der Waals surface area contributed by atoms with Gasteiger partial charge in [0.25, 0.3) is 5.91 Å². The second-order valence-corrected chi connectivity index (χ2v) is 5.34. The van der Waals surface area contributed by atoms with E-state index in [1.54, 1.807) is 13.2 Å². The van der Waals surface area contributed by atoms with Gasteiger partial charge in [0.05, 0.1) is 6.61 Å². The van der Waals surface area contributed by atoms with E-state index in [1.807, 2.05) is 42.5 Å². The normalized spacial score (nSPS) is 10.2. The van der Waals surface area contributed by atoms with Gasteiger partial charge in [-0.2, -0.15) is 0 Å². The molecule has 0 aliphatic carbocycles. The molecule has 2 rings (SSSR count). The van der Waals surface area contributed by atoms with Crippen molar-refractivity contribution < 1.29 is 9.53 Å². The van der Waals surface area contributed by atoms with Crippen LogP contribution in [0, 0.1) is 3.57 Å². The van der Waals surface area contributed by atoms with Gasteiger partial charge in [-0.25, -0.2) is 0 Å². The quantitative estimate of drug-likeness (QED) is 0.838. The Bertz CT molecular complexity index is 567. The summed E-state index contributed by atoms with van der Waals surface area (Å²) >= 11 is 2.23. The molecule has 98 valence electrons. The molecule has 2 aromatic rings. The average Bonchev–Trinajstić information content (AvgIpc) is 2.42. The predicted octanol–water partition coefficient (Wildman–Crippen LogP) is 3.69. The molecule has 1 amide bonds. The van der Waals surface area contributed by atoms with Crippen molar-refractivity contribution in [2.45, 2.75) is 6.61 Å². The summed E-state index contributed by atoms with van der Waals surface area (Å²) in [5.41, 5.74) is 2.41. The molecule has 3 nitrogen and oxygen atoms in total. The SMILES string of the molecule is COCc1cccc(C(=O)Nc2ccc(I)cc2)c1. The molecular weight excluding hydrogens is 353 g/mol. The summed E-state index contributed by atoms with van der Waals surface area (Å²) in [6.45, 7) is 0.505. The molecule has 0 aliphatic rings. The molecule has 0 aliphatic heterocycles. The van der Waals surface area contributed by atoms with E-state index >= 15 is 0 Å². The van der Waals surface area contributed by atoms with Crippen LogP contribution in [0.2, 0.25) is 0 Å². The van der Waals surface area contributed by atoms with Gasteiger partial charge in [-0.15, -0.1) is 0 Å². The molecule has 0 unspecified atom stereocenters. The molecule has 0 heterocycles. The molecule has 1 N–H and O–H groups in total. The molecule has 0 bridgehead atoms. The molecule has 2 aromatic carbocycles. The lowest BCUT2D eigenvalue weighted by Gasteiger charge is -2.07. The highest BCUT2D eigenvalue weighted by Crippen LogP contribution is 2.13. The van der Waals surface area contributed by atoms with Crippen molar-refractivity contribution >= 4 is 34.2 Å². The molecule has 0 saturated carbocycles. The number of hydrogen-bond donors (Lipinski definition) is 1. The number of carbonyl (C=O) groups excluding carboxylic acids is 1. The first-order valence-corrected chi connectivity index (χ1v) is 6.92. The smallest absolute Gasteiger partial charge is 0.255 e. The number of anilines is 1. The van der Waals surface area contributed by atoms with Gasteiger partial charge in [0, 0.05) is 21.9 Å². The molecule has 4 heteroatoms. The van der Waals surface area contributed by atoms with Gasteiger partial charge >= 0.3 is 0 Å². The second kappa shape index (κ2) is 6.68. The van der Waals surface area contributed by atoms with Crippen molar-refractivity contribution in [2.75, 3.05) is 12.4 Å². The summed E-state index contributed by atoms with van der Waals surface area (Å²) in [6.07, 6.45) is 0. The number of carbonyl (C=O) groups is 1. The predicted molar refractivity (Wildman–Crippen MR) is 84.3 cm³/mol. The van der Waals surface area contributed by atoms with E-state index in [0.717, 1.165) is 14.8 Å². The number of hydrogen-bond acceptors (Lipinski definition) is 2. The fourth-order valence-corrected chi connectivity index (χ4v) is 2.07. The Labute approximate surface area is 126 Å². The Kier molecular flexibility index (Phi) is 4.93. The van der Waals surface area contributed by atoms with Gasteiger partial charge in [0.15, 0.2) is 0 Å². The van der Waals surface area contributed by atoms with Crippen LogP contribution < -0.4 is 5.32 Å². The maximum Gasteiger partial charge on any atom is 0.255 e. The zero-order chi connectivity index (χ0) is 13.7. The Morgan fingerprint density at radius 3 is 2.63 bits per heavy atom. The summed E-state index contributed by atoms with van der Waals surface area (Å²) in [7, 11) is 1.64. The summed E-state index contributed by atoms with van der Waals surface area (Å²) in [5, 5.41) is 2.87. The highest BCUT2D eigenvalue weighted by atomic mass is 127. The van der Waals surface area contributed by atoms with Crippen molar-refractivity contribution in [3.05, 3.63) is 63.2 Å². The van der Waals surface area contributed by atoms with Crippen LogP contribution in [0.3, 0.4) is 0 Å². The van der Waals surface area contributed by atoms with Gasteiger partial charge in [0.1, 0.15) is 0 Å². The maximum absolute atomic E-state index is 12.1. The van der Waals surface area contributed by atoms with E-state index < -0.39 is 0 Å². The largest absolute Gasteiger partial charge is 0.380 e. The third-order valence-electron chi connectivity index (χ3n) is 2.60. The number of nitrogens with one attached hydrogen (secondary N) is 1. The first kappa shape index (κ1) is 14.0. The Hall–Kier alpha value is -1.40. The minimum Gasteiger partial charge on any atom is -0.380 e. The van der Waals surface area contributed by atoms with Crippen molar-refractivity contribution in [3.8, 4) is 0 Å². The summed E-state index contributed by atoms with van der Waals surface area (Å²) < 4.78 is 6.20. The first-order chi connectivity index (χ1) is 9.19. The van der Waals surface area contributed by atoms with Crippen LogP contribution in [0.4, 0.5) is 5.69 Å². The summed E-state index contributed by atoms with van der Waals surface area (Å²) in [4.78, 5) is 12.1. The van der Waals surface area contributed by atoms with Crippen molar-refractivity contribution in [2.24, 2.45) is 0 Å². The molecule has 0 fully saturated rings. The molecule has 0 atom stereocenters. The number of amides is 1. The van der Waals surface area contributed by atoms with Gasteiger partial charge in [0.2, 0.25) is 0 Å². The summed E-state index contributed by atoms with van der Waals surface area (Å²) in [5.74, 6) is -0.112. The first-order valence-electron chi connectivity index (χ1n) is 5.84. The molecular formula is C15H14INO2. The number of ether oxygens (including phenoxy) is 1. The third-order valence-corrected chi connectivity index (χ3v) is 3.32. The van der Waals surface area contributed by atoms with Crippen LogP contribution in [0.25, 0.3) is 0 Å². The molecule has 19 heavy (non-hydrogen) atoms. The standard InChI is InChI=1S/C15H14INO2/c1-19-10-11-3-2-4-12(9-11)15(18)17-14-7-5-13(16)6-8-14/h2-9H,10H2,1H3,(H,17,18). The highest BCUT2D eigenvalue weighted by Gasteiger charge is 2.06. The summed E-state index contributed by atoms with van der Waals surface area (Å²) in [6, 6.07) is 15.1. The highest BCUT2D eigenvalue weighted by molar-refractivity contribution is 14.1. The van der Waals surface area contributed by atoms with E-state index in [9.17, 15) is 4.79 Å². The Morgan fingerprint density at radius 2 is 1.95 bits per heavy atom. The van der Waals surface area contributed by atoms with E-state index in [-0.39, 0.29) is 5.91 Å². The number of halogens is 1. The number of benzene rings is 2. The fourth-order valence-electron chi connectivity index (χ4n) is 1.71. The fraction of sp³-hybridized carbons (Fsp3) is 0.133. The third kappa shape index (κ3) is 4.04. The monoisotopic (exact) mass is 367 g/mol. The number of methoxy groups -OCH3 is 1. The lowest BCUT2D eigenvalue weighted by molar-refractivity contribution is 0.102. The molecule has 0 spiro atoms. The topological polar surface area (TPSA) is 38.3 Å². The van der Waals surface area contributed by atoms with Crippen LogP contribution in [0.15, 0.2) is 48.5 Å². The molecule has 0 radical (unpaired) electrons. The lowest BCUT2D eigenvalue weighted by Crippen LogP contribution is -2.12. The van der Waals surface area contributed by atoms with Crippen LogP contribution in [0.1, 0.15) is 15.9 Å². The van der Waals surface area contributed by atoms with Crippen LogP contribution in [-0.2, 0) is 11.3 Å². The molecule has 0 saturated heterocycles. The molecule has 0 aromatic heterocycles. The minimum absolute atomic E-state index is 0.112. The zero-order valence-electron chi connectivity index (χ0n) is 10.5. The van der Waals surface area contributed by atoms with E-state index in [4.69, 9.17) is 4.74 Å². The minimum atomic E-state index is -0.112. The van der Waals surface area contributed by atoms with Crippen molar-refractivity contribution in [3.63, 3.8) is 0 Å². The van der Waals surface area contributed by atoms with E-state index in [2.05, 4.69) is 27.9 Å². The van der Waals surface area contributed by atoms with E-state index in [1.165, 1.54) is 0 Å². The van der Waals surface area contributed by atoms with Gasteiger partial charge in [-0.1, -0.05) is 12.1 Å². The van der Waals surface area contributed by atoms with Crippen LogP contribution in [-0.4, -0.2) is 13.0 Å². The lowest BCUT2D eigenvalue weighted by atomic mass is 10.1. The Morgan fingerprint density at radius 1 is 1.21 bits per heavy atom. The zero-order valence-corrected chi connectivity index (χ0v) is 12.7. The van der Waals surface area contributed by atoms with Crippen molar-refractivity contribution in [1.29, 1.82) is 0 Å². The van der Waals surface area contributed by atoms with Gasteiger partial charge < -0.3 is 10.1 Å². The maximum atomic E-state index is 12.1. The number of rotatable bonds is 4. The average molecular weight is 367 g/mol. The van der Waals surface area contributed by atoms with Crippen LogP contribution in [0.5, 0.6) is 0 Å². The van der Waals surface area contributed by atoms with Gasteiger partial charge in [-0.05, 0) is 64.6 Å². The van der Waals surface area contributed by atoms with Crippen molar-refractivity contribution in [1.82, 2.24) is 0 Å². The van der Waals surface area contributed by atoms with Crippen LogP contribution >= 0.6 is 22.6 Å². The van der Waals surface area contributed by atoms with E-state index in [0.29, 0.717) is 12.2 Å². The van der Waals surface area contributed by atoms with Gasteiger partial charge in [-0.3, -0.25) is 4.79 Å². The Balaban J connectivity index is 2.11.